The summed E-state index contributed by atoms with van der Waals surface area (Å²) in [6.07, 6.45) is 1.27. The second-order valence-electron chi connectivity index (χ2n) is 6.43. The molecule has 0 unspecified atom stereocenters. The molecule has 3 nitrogen and oxygen atoms in total. The van der Waals surface area contributed by atoms with Gasteiger partial charge in [0.25, 0.3) is 0 Å². The lowest BCUT2D eigenvalue weighted by Gasteiger charge is -2.38. The molecule has 1 aromatic carbocycles. The molecule has 20 heavy (non-hydrogen) atoms. The second kappa shape index (κ2) is 6.40. The maximum Gasteiger partial charge on any atom is 0.241 e. The van der Waals surface area contributed by atoms with E-state index in [1.54, 1.807) is 0 Å². The maximum atomic E-state index is 12.4. The van der Waals surface area contributed by atoms with Crippen LogP contribution in [0.5, 0.6) is 0 Å². The van der Waals surface area contributed by atoms with Crippen LogP contribution in [-0.4, -0.2) is 29.9 Å². The van der Waals surface area contributed by atoms with E-state index in [0.29, 0.717) is 11.8 Å². The van der Waals surface area contributed by atoms with Crippen LogP contribution in [0.25, 0.3) is 0 Å². The summed E-state index contributed by atoms with van der Waals surface area (Å²) in [5.74, 6) is 1.44. The van der Waals surface area contributed by atoms with Gasteiger partial charge in [-0.2, -0.15) is 0 Å². The van der Waals surface area contributed by atoms with Gasteiger partial charge >= 0.3 is 0 Å². The molecule has 1 saturated heterocycles. The highest BCUT2D eigenvalue weighted by atomic mass is 16.2. The average molecular weight is 274 g/mol. The Morgan fingerprint density at radius 3 is 2.55 bits per heavy atom. The number of amides is 1. The summed E-state index contributed by atoms with van der Waals surface area (Å²) in [5.41, 5.74) is 2.05. The topological polar surface area (TPSA) is 32.3 Å². The number of anilines is 1. The van der Waals surface area contributed by atoms with E-state index in [1.165, 1.54) is 6.42 Å². The van der Waals surface area contributed by atoms with Gasteiger partial charge in [0.2, 0.25) is 5.91 Å². The van der Waals surface area contributed by atoms with Crippen molar-refractivity contribution >= 4 is 11.6 Å². The molecule has 0 radical (unpaired) electrons. The second-order valence-corrected chi connectivity index (χ2v) is 6.43. The molecule has 1 aromatic rings. The Hall–Kier alpha value is -1.35. The normalized spacial score (nSPS) is 25.2. The van der Waals surface area contributed by atoms with E-state index >= 15 is 0 Å². The molecule has 1 amide bonds. The van der Waals surface area contributed by atoms with E-state index in [0.717, 1.165) is 24.3 Å². The predicted molar refractivity (Wildman–Crippen MR) is 83.8 cm³/mol. The molecule has 1 N–H and O–H groups in total. The number of rotatable bonds is 3. The molecule has 2 rings (SSSR count). The number of hydrogen-bond acceptors (Lipinski definition) is 2. The molecule has 3 heteroatoms. The molecule has 1 fully saturated rings. The summed E-state index contributed by atoms with van der Waals surface area (Å²) in [6, 6.07) is 7.89. The third-order valence-corrected chi connectivity index (χ3v) is 4.11. The van der Waals surface area contributed by atoms with Crippen molar-refractivity contribution in [2.45, 2.75) is 40.2 Å². The number of carbonyl (C=O) groups excluding carboxylic acids is 1. The molecule has 0 saturated carbocycles. The van der Waals surface area contributed by atoms with Gasteiger partial charge in [-0.15, -0.1) is 0 Å². The van der Waals surface area contributed by atoms with Gasteiger partial charge in [-0.05, 0) is 49.8 Å². The van der Waals surface area contributed by atoms with Crippen LogP contribution in [0.3, 0.4) is 0 Å². The number of likely N-dealkylation sites (tertiary alicyclic amines) is 1. The summed E-state index contributed by atoms with van der Waals surface area (Å²) in [5, 5.41) is 3.03. The summed E-state index contributed by atoms with van der Waals surface area (Å²) in [6.45, 7) is 10.6. The summed E-state index contributed by atoms with van der Waals surface area (Å²) in [7, 11) is 0. The van der Waals surface area contributed by atoms with Crippen molar-refractivity contribution in [3.63, 3.8) is 0 Å². The number of piperidine rings is 1. The first-order valence-corrected chi connectivity index (χ1v) is 7.57. The smallest absolute Gasteiger partial charge is 0.241 e. The van der Waals surface area contributed by atoms with Crippen molar-refractivity contribution in [2.24, 2.45) is 11.8 Å². The lowest BCUT2D eigenvalue weighted by molar-refractivity contribution is -0.121. The molecule has 0 aromatic heterocycles. The van der Waals surface area contributed by atoms with Crippen molar-refractivity contribution in [1.82, 2.24) is 4.90 Å². The molecule has 0 aliphatic carbocycles. The van der Waals surface area contributed by atoms with Gasteiger partial charge < -0.3 is 5.32 Å². The Morgan fingerprint density at radius 2 is 1.95 bits per heavy atom. The van der Waals surface area contributed by atoms with Crippen LogP contribution in [0.15, 0.2) is 24.3 Å². The molecule has 3 atom stereocenters. The van der Waals surface area contributed by atoms with E-state index in [2.05, 4.69) is 24.1 Å². The van der Waals surface area contributed by atoms with E-state index in [-0.39, 0.29) is 11.9 Å². The molecule has 0 spiro atoms. The first-order valence-electron chi connectivity index (χ1n) is 7.57. The molecule has 1 aliphatic rings. The van der Waals surface area contributed by atoms with Crippen LogP contribution in [0, 0.1) is 18.8 Å². The van der Waals surface area contributed by atoms with Crippen LogP contribution in [0.2, 0.25) is 0 Å². The average Bonchev–Trinajstić information content (AvgIpc) is 2.36. The monoisotopic (exact) mass is 274 g/mol. The molecule has 1 heterocycles. The van der Waals surface area contributed by atoms with Crippen molar-refractivity contribution in [2.75, 3.05) is 18.4 Å². The van der Waals surface area contributed by atoms with Crippen molar-refractivity contribution in [3.05, 3.63) is 29.8 Å². The number of nitrogens with zero attached hydrogens (tertiary/aromatic N) is 1. The quantitative estimate of drug-likeness (QED) is 0.917. The fourth-order valence-corrected chi connectivity index (χ4v) is 3.16. The van der Waals surface area contributed by atoms with Gasteiger partial charge in [0.05, 0.1) is 6.04 Å². The van der Waals surface area contributed by atoms with Gasteiger partial charge in [0.15, 0.2) is 0 Å². The minimum Gasteiger partial charge on any atom is -0.325 e. The van der Waals surface area contributed by atoms with Gasteiger partial charge in [-0.1, -0.05) is 26.0 Å². The van der Waals surface area contributed by atoms with E-state index in [9.17, 15) is 4.79 Å². The van der Waals surface area contributed by atoms with Crippen LogP contribution >= 0.6 is 0 Å². The van der Waals surface area contributed by atoms with Gasteiger partial charge in [-0.3, -0.25) is 9.69 Å². The van der Waals surface area contributed by atoms with Crippen LogP contribution in [0.1, 0.15) is 32.8 Å². The van der Waals surface area contributed by atoms with Crippen molar-refractivity contribution in [3.8, 4) is 0 Å². The standard InChI is InChI=1S/C17H26N2O/c1-12-6-5-7-16(9-12)18-17(20)15(4)19-10-13(2)8-14(3)11-19/h5-7,9,13-15H,8,10-11H2,1-4H3,(H,18,20)/t13-,14-,15-/m0/s1. The number of aryl methyl sites for hydroxylation is 1. The zero-order valence-electron chi connectivity index (χ0n) is 13.0. The SMILES string of the molecule is Cc1cccc(NC(=O)[C@H](C)N2C[C@@H](C)C[C@H](C)C2)c1. The van der Waals surface area contributed by atoms with Crippen molar-refractivity contribution < 1.29 is 4.79 Å². The van der Waals surface area contributed by atoms with E-state index < -0.39 is 0 Å². The van der Waals surface area contributed by atoms with Gasteiger partial charge in [-0.25, -0.2) is 0 Å². The predicted octanol–water partition coefficient (Wildman–Crippen LogP) is 3.30. The first-order chi connectivity index (χ1) is 9.45. The third kappa shape index (κ3) is 3.83. The van der Waals surface area contributed by atoms with Crippen LogP contribution in [-0.2, 0) is 4.79 Å². The first kappa shape index (κ1) is 15.0. The lowest BCUT2D eigenvalue weighted by atomic mass is 9.91. The Balaban J connectivity index is 1.98. The molecule has 0 bridgehead atoms. The minimum atomic E-state index is -0.0688. The summed E-state index contributed by atoms with van der Waals surface area (Å²) >= 11 is 0. The maximum absolute atomic E-state index is 12.4. The highest BCUT2D eigenvalue weighted by molar-refractivity contribution is 5.94. The molecule has 1 aliphatic heterocycles. The Labute approximate surface area is 122 Å². The largest absolute Gasteiger partial charge is 0.325 e. The fraction of sp³-hybridized carbons (Fsp3) is 0.588. The number of carbonyl (C=O) groups is 1. The van der Waals surface area contributed by atoms with Gasteiger partial charge in [0.1, 0.15) is 0 Å². The highest BCUT2D eigenvalue weighted by Crippen LogP contribution is 2.23. The van der Waals surface area contributed by atoms with Crippen LogP contribution in [0.4, 0.5) is 5.69 Å². The Bertz CT molecular complexity index is 462. The van der Waals surface area contributed by atoms with Gasteiger partial charge in [0, 0.05) is 18.8 Å². The van der Waals surface area contributed by atoms with Crippen LogP contribution < -0.4 is 5.32 Å². The molecule has 110 valence electrons. The highest BCUT2D eigenvalue weighted by Gasteiger charge is 2.28. The fourth-order valence-electron chi connectivity index (χ4n) is 3.16. The molecular formula is C17H26N2O. The molecular weight excluding hydrogens is 248 g/mol. The summed E-state index contributed by atoms with van der Waals surface area (Å²) in [4.78, 5) is 14.7. The van der Waals surface area contributed by atoms with E-state index in [4.69, 9.17) is 0 Å². The van der Waals surface area contributed by atoms with E-state index in [1.807, 2.05) is 38.1 Å². The van der Waals surface area contributed by atoms with Crippen molar-refractivity contribution in [1.29, 1.82) is 0 Å². The zero-order valence-corrected chi connectivity index (χ0v) is 13.0. The summed E-state index contributed by atoms with van der Waals surface area (Å²) < 4.78 is 0. The lowest BCUT2D eigenvalue weighted by Crippen LogP contribution is -2.48. The zero-order chi connectivity index (χ0) is 14.7. The number of nitrogens with one attached hydrogen (secondary N) is 1. The third-order valence-electron chi connectivity index (χ3n) is 4.11. The minimum absolute atomic E-state index is 0.0688. The Kier molecular flexibility index (Phi) is 4.81. The number of benzene rings is 1. The Morgan fingerprint density at radius 1 is 1.30 bits per heavy atom. The number of hydrogen-bond donors (Lipinski definition) is 1.